The Balaban J connectivity index is 1.53. The number of hydrogen-bond acceptors (Lipinski definition) is 7. The number of imide groups is 1. The summed E-state index contributed by atoms with van der Waals surface area (Å²) in [4.78, 5) is 48.7. The standard InChI is InChI=1S/C28H23Cl2N5O4/c1-33-27(38)35(23-10-20(29)9-21(30)11-23)26(37)28(33)16-34(14-22-8-7-19(13-32-22)25(36)39-2)15-24(28)18-5-3-17(12-31)4-6-18/h3-11,13,24H,14-16H2,1-2H3/t24-,28+/m0/s1. The molecule has 11 heteroatoms. The number of amides is 3. The molecule has 3 amide bonds. The first-order valence-corrected chi connectivity index (χ1v) is 12.8. The van der Waals surface area contributed by atoms with Crippen LogP contribution in [0.4, 0.5) is 10.5 Å². The Kier molecular flexibility index (Phi) is 7.03. The van der Waals surface area contributed by atoms with Crippen LogP contribution < -0.4 is 4.90 Å². The molecule has 2 atom stereocenters. The molecule has 0 aliphatic carbocycles. The van der Waals surface area contributed by atoms with Gasteiger partial charge in [-0.15, -0.1) is 0 Å². The number of anilines is 1. The lowest BCUT2D eigenvalue weighted by Gasteiger charge is -2.34. The van der Waals surface area contributed by atoms with E-state index >= 15 is 0 Å². The number of carbonyl (C=O) groups excluding carboxylic acids is 3. The van der Waals surface area contributed by atoms with E-state index in [9.17, 15) is 19.6 Å². The van der Waals surface area contributed by atoms with Crippen LogP contribution in [-0.4, -0.2) is 65.5 Å². The molecule has 2 aromatic carbocycles. The van der Waals surface area contributed by atoms with Crippen molar-refractivity contribution in [3.63, 3.8) is 0 Å². The summed E-state index contributed by atoms with van der Waals surface area (Å²) in [7, 11) is 2.93. The van der Waals surface area contributed by atoms with E-state index in [-0.39, 0.29) is 12.5 Å². The number of nitrogens with zero attached hydrogens (tertiary/aromatic N) is 5. The molecule has 3 heterocycles. The predicted molar refractivity (Wildman–Crippen MR) is 145 cm³/mol. The minimum atomic E-state index is -1.23. The lowest BCUT2D eigenvalue weighted by atomic mass is 9.80. The third-order valence-electron chi connectivity index (χ3n) is 7.31. The first-order chi connectivity index (χ1) is 18.7. The van der Waals surface area contributed by atoms with Crippen molar-refractivity contribution >= 4 is 46.8 Å². The third-order valence-corrected chi connectivity index (χ3v) is 7.75. The topological polar surface area (TPSA) is 107 Å². The Morgan fingerprint density at radius 1 is 1.13 bits per heavy atom. The first-order valence-electron chi connectivity index (χ1n) is 12.0. The summed E-state index contributed by atoms with van der Waals surface area (Å²) >= 11 is 12.4. The molecule has 0 saturated carbocycles. The van der Waals surface area contributed by atoms with E-state index in [0.717, 1.165) is 10.5 Å². The highest BCUT2D eigenvalue weighted by atomic mass is 35.5. The fourth-order valence-electron chi connectivity index (χ4n) is 5.40. The van der Waals surface area contributed by atoms with Crippen LogP contribution in [0.2, 0.25) is 10.0 Å². The molecule has 9 nitrogen and oxygen atoms in total. The van der Waals surface area contributed by atoms with Crippen molar-refractivity contribution in [2.75, 3.05) is 32.1 Å². The largest absolute Gasteiger partial charge is 0.465 e. The molecule has 1 spiro atoms. The second kappa shape index (κ2) is 10.3. The Bertz CT molecular complexity index is 1490. The van der Waals surface area contributed by atoms with Crippen molar-refractivity contribution in [1.29, 1.82) is 5.26 Å². The van der Waals surface area contributed by atoms with Crippen LogP contribution in [0.5, 0.6) is 0 Å². The molecule has 0 unspecified atom stereocenters. The minimum Gasteiger partial charge on any atom is -0.465 e. The highest BCUT2D eigenvalue weighted by molar-refractivity contribution is 6.35. The third kappa shape index (κ3) is 4.61. The zero-order chi connectivity index (χ0) is 27.9. The monoisotopic (exact) mass is 563 g/mol. The van der Waals surface area contributed by atoms with Crippen molar-refractivity contribution in [2.24, 2.45) is 0 Å². The maximum Gasteiger partial charge on any atom is 0.339 e. The summed E-state index contributed by atoms with van der Waals surface area (Å²) in [6.45, 7) is 1.07. The zero-order valence-corrected chi connectivity index (χ0v) is 22.6. The quantitative estimate of drug-likeness (QED) is 0.332. The molecular weight excluding hydrogens is 541 g/mol. The second-order valence-electron chi connectivity index (χ2n) is 9.52. The molecule has 198 valence electrons. The lowest BCUT2D eigenvalue weighted by molar-refractivity contribution is -0.124. The number of ether oxygens (including phenoxy) is 1. The highest BCUT2D eigenvalue weighted by Gasteiger charge is 2.64. The molecule has 1 aromatic heterocycles. The Morgan fingerprint density at radius 2 is 1.82 bits per heavy atom. The Hall–Kier alpha value is -3.97. The number of nitriles is 1. The van der Waals surface area contributed by atoms with Crippen LogP contribution in [0.15, 0.2) is 60.8 Å². The van der Waals surface area contributed by atoms with Crippen molar-refractivity contribution in [3.8, 4) is 6.07 Å². The molecule has 3 aromatic rings. The van der Waals surface area contributed by atoms with Crippen LogP contribution >= 0.6 is 23.2 Å². The molecule has 0 radical (unpaired) electrons. The number of likely N-dealkylation sites (tertiary alicyclic amines) is 1. The lowest BCUT2D eigenvalue weighted by Crippen LogP contribution is -2.53. The highest BCUT2D eigenvalue weighted by Crippen LogP contribution is 2.47. The van der Waals surface area contributed by atoms with Gasteiger partial charge in [0.2, 0.25) is 0 Å². The number of urea groups is 1. The van der Waals surface area contributed by atoms with E-state index in [1.54, 1.807) is 31.3 Å². The fraction of sp³-hybridized carbons (Fsp3) is 0.250. The van der Waals surface area contributed by atoms with Crippen LogP contribution in [0.1, 0.15) is 33.1 Å². The molecule has 2 saturated heterocycles. The van der Waals surface area contributed by atoms with Gasteiger partial charge in [-0.05, 0) is 48.0 Å². The van der Waals surface area contributed by atoms with Gasteiger partial charge in [-0.3, -0.25) is 14.7 Å². The summed E-state index contributed by atoms with van der Waals surface area (Å²) in [5.74, 6) is -1.27. The maximum atomic E-state index is 14.3. The average molecular weight is 564 g/mol. The smallest absolute Gasteiger partial charge is 0.339 e. The SMILES string of the molecule is COC(=O)c1ccc(CN2C[C@@H](c3ccc(C#N)cc3)[C@]3(C2)C(=O)N(c2cc(Cl)cc(Cl)c2)C(=O)N3C)nc1. The number of esters is 1. The predicted octanol–water partition coefficient (Wildman–Crippen LogP) is 4.48. The van der Waals surface area contributed by atoms with Gasteiger partial charge in [-0.1, -0.05) is 35.3 Å². The summed E-state index contributed by atoms with van der Waals surface area (Å²) in [6.07, 6.45) is 1.45. The van der Waals surface area contributed by atoms with Gasteiger partial charge in [0.15, 0.2) is 0 Å². The van der Waals surface area contributed by atoms with E-state index in [0.29, 0.717) is 45.6 Å². The number of halogens is 2. The molecule has 2 aliphatic heterocycles. The number of rotatable bonds is 5. The van der Waals surface area contributed by atoms with Crippen molar-refractivity contribution in [3.05, 3.63) is 93.2 Å². The van der Waals surface area contributed by atoms with Crippen LogP contribution in [0.25, 0.3) is 0 Å². The molecule has 39 heavy (non-hydrogen) atoms. The molecule has 5 rings (SSSR count). The number of pyridine rings is 1. The summed E-state index contributed by atoms with van der Waals surface area (Å²) in [5, 5.41) is 9.88. The van der Waals surface area contributed by atoms with E-state index in [1.807, 2.05) is 12.1 Å². The Morgan fingerprint density at radius 3 is 2.41 bits per heavy atom. The second-order valence-corrected chi connectivity index (χ2v) is 10.4. The number of methoxy groups -OCH3 is 1. The van der Waals surface area contributed by atoms with Gasteiger partial charge in [-0.2, -0.15) is 5.26 Å². The first kappa shape index (κ1) is 26.6. The van der Waals surface area contributed by atoms with Gasteiger partial charge < -0.3 is 9.64 Å². The van der Waals surface area contributed by atoms with E-state index in [4.69, 9.17) is 27.9 Å². The number of hydrogen-bond donors (Lipinski definition) is 0. The van der Waals surface area contributed by atoms with Crippen LogP contribution in [-0.2, 0) is 16.1 Å². The molecule has 0 bridgehead atoms. The zero-order valence-electron chi connectivity index (χ0n) is 21.1. The number of carbonyl (C=O) groups is 3. The maximum absolute atomic E-state index is 14.3. The molecule has 2 aliphatic rings. The average Bonchev–Trinajstić information content (AvgIpc) is 3.39. The van der Waals surface area contributed by atoms with Crippen molar-refractivity contribution in [2.45, 2.75) is 18.0 Å². The Labute approximate surface area is 235 Å². The van der Waals surface area contributed by atoms with Gasteiger partial charge >= 0.3 is 12.0 Å². The van der Waals surface area contributed by atoms with Gasteiger partial charge in [0, 0.05) is 48.8 Å². The number of likely N-dealkylation sites (N-methyl/N-ethyl adjacent to an activating group) is 1. The minimum absolute atomic E-state index is 0.240. The van der Waals surface area contributed by atoms with Gasteiger partial charge in [0.1, 0.15) is 5.54 Å². The molecule has 2 fully saturated rings. The van der Waals surface area contributed by atoms with Crippen LogP contribution in [0, 0.1) is 11.3 Å². The van der Waals surface area contributed by atoms with Crippen LogP contribution in [0.3, 0.4) is 0 Å². The van der Waals surface area contributed by atoms with E-state index in [1.165, 1.54) is 36.4 Å². The van der Waals surface area contributed by atoms with Gasteiger partial charge in [-0.25, -0.2) is 14.5 Å². The van der Waals surface area contributed by atoms with E-state index < -0.39 is 23.5 Å². The normalized spacial score (nSPS) is 21.1. The summed E-state index contributed by atoms with van der Waals surface area (Å²) in [5.41, 5.74) is 1.41. The van der Waals surface area contributed by atoms with Gasteiger partial charge in [0.25, 0.3) is 5.91 Å². The fourth-order valence-corrected chi connectivity index (χ4v) is 5.91. The van der Waals surface area contributed by atoms with Crippen molar-refractivity contribution in [1.82, 2.24) is 14.8 Å². The molecular formula is C28H23Cl2N5O4. The summed E-state index contributed by atoms with van der Waals surface area (Å²) in [6, 6.07) is 16.7. The molecule has 0 N–H and O–H groups in total. The summed E-state index contributed by atoms with van der Waals surface area (Å²) < 4.78 is 4.74. The van der Waals surface area contributed by atoms with E-state index in [2.05, 4.69) is 16.0 Å². The number of benzene rings is 2. The number of aromatic nitrogens is 1. The van der Waals surface area contributed by atoms with Gasteiger partial charge in [0.05, 0.1) is 35.7 Å². The van der Waals surface area contributed by atoms with Crippen molar-refractivity contribution < 1.29 is 19.1 Å².